The van der Waals surface area contributed by atoms with E-state index in [1.54, 1.807) is 30.3 Å². The van der Waals surface area contributed by atoms with Crippen LogP contribution >= 0.6 is 0 Å². The number of hydrogen-bond acceptors (Lipinski definition) is 3. The maximum absolute atomic E-state index is 13.8. The average Bonchev–Trinajstić information content (AvgIpc) is 2.51. The molecule has 128 valence electrons. The molecule has 0 fully saturated rings. The zero-order valence-electron chi connectivity index (χ0n) is 11.7. The van der Waals surface area contributed by atoms with Gasteiger partial charge in [0.05, 0.1) is 0 Å². The molecule has 0 aliphatic rings. The summed E-state index contributed by atoms with van der Waals surface area (Å²) >= 11 is 0. The van der Waals surface area contributed by atoms with Gasteiger partial charge >= 0.3 is 10.1 Å². The van der Waals surface area contributed by atoms with Gasteiger partial charge in [0.15, 0.2) is 28.2 Å². The van der Waals surface area contributed by atoms with E-state index in [1.165, 1.54) is 0 Å². The molecule has 5 nitrogen and oxygen atoms in total. The molecule has 2 aromatic rings. The van der Waals surface area contributed by atoms with Crippen LogP contribution in [0.25, 0.3) is 0 Å². The summed E-state index contributed by atoms with van der Waals surface area (Å²) in [7, 11) is -5.57. The molecule has 0 heterocycles. The highest BCUT2D eigenvalue weighted by Gasteiger charge is 2.34. The average molecular weight is 363 g/mol. The molecule has 0 saturated carbocycles. The van der Waals surface area contributed by atoms with Crippen LogP contribution in [0.1, 0.15) is 15.9 Å². The first-order valence-corrected chi connectivity index (χ1v) is 7.74. The van der Waals surface area contributed by atoms with Gasteiger partial charge in [0, 0.05) is 6.54 Å². The van der Waals surface area contributed by atoms with Gasteiger partial charge in [0.2, 0.25) is 0 Å². The van der Waals surface area contributed by atoms with E-state index in [0.29, 0.717) is 5.56 Å². The number of amides is 1. The van der Waals surface area contributed by atoms with E-state index in [-0.39, 0.29) is 6.54 Å². The van der Waals surface area contributed by atoms with Crippen LogP contribution in [0, 0.1) is 23.3 Å². The highest BCUT2D eigenvalue weighted by atomic mass is 32.2. The molecule has 2 aromatic carbocycles. The lowest BCUT2D eigenvalue weighted by molar-refractivity contribution is 0.0939. The number of hydrogen-bond donors (Lipinski definition) is 2. The third-order valence-electron chi connectivity index (χ3n) is 3.00. The first-order chi connectivity index (χ1) is 11.1. The Morgan fingerprint density at radius 2 is 1.46 bits per heavy atom. The standard InChI is InChI=1S/C14H9F4NO4S/c15-9-8(14(20)19-6-7-4-2-1-3-5-7)10(16)12(18)13(11(9)17)24(21,22)23/h1-5H,6H2,(H,19,20)(H,21,22,23). The second-order valence-corrected chi connectivity index (χ2v) is 5.96. The van der Waals surface area contributed by atoms with Crippen molar-refractivity contribution in [3.05, 3.63) is 64.7 Å². The monoisotopic (exact) mass is 363 g/mol. The quantitative estimate of drug-likeness (QED) is 0.497. The Hall–Kier alpha value is -2.46. The molecule has 10 heteroatoms. The summed E-state index contributed by atoms with van der Waals surface area (Å²) in [6.07, 6.45) is 0. The van der Waals surface area contributed by atoms with E-state index in [1.807, 2.05) is 5.32 Å². The van der Waals surface area contributed by atoms with Crippen LogP contribution in [0.5, 0.6) is 0 Å². The number of rotatable bonds is 4. The third kappa shape index (κ3) is 3.39. The number of benzene rings is 2. The Labute approximate surface area is 133 Å². The van der Waals surface area contributed by atoms with Gasteiger partial charge in [-0.3, -0.25) is 9.35 Å². The molecule has 0 saturated heterocycles. The van der Waals surface area contributed by atoms with Gasteiger partial charge in [-0.2, -0.15) is 8.42 Å². The Morgan fingerprint density at radius 1 is 0.958 bits per heavy atom. The largest absolute Gasteiger partial charge is 0.348 e. The van der Waals surface area contributed by atoms with E-state index < -0.39 is 49.8 Å². The summed E-state index contributed by atoms with van der Waals surface area (Å²) in [4.78, 5) is 9.59. The molecule has 0 aliphatic heterocycles. The molecule has 2 rings (SSSR count). The van der Waals surface area contributed by atoms with Crippen molar-refractivity contribution in [2.45, 2.75) is 11.4 Å². The van der Waals surface area contributed by atoms with Gasteiger partial charge in [-0.1, -0.05) is 30.3 Å². The molecule has 0 radical (unpaired) electrons. The molecule has 0 aromatic heterocycles. The molecule has 0 unspecified atom stereocenters. The van der Waals surface area contributed by atoms with Gasteiger partial charge in [-0.15, -0.1) is 0 Å². The normalized spacial score (nSPS) is 11.4. The maximum Gasteiger partial charge on any atom is 0.300 e. The fourth-order valence-corrected chi connectivity index (χ4v) is 2.54. The van der Waals surface area contributed by atoms with Gasteiger partial charge in [0.1, 0.15) is 5.56 Å². The Morgan fingerprint density at radius 3 is 1.92 bits per heavy atom. The van der Waals surface area contributed by atoms with E-state index in [0.717, 1.165) is 0 Å². The molecular weight excluding hydrogens is 354 g/mol. The predicted molar refractivity (Wildman–Crippen MR) is 73.7 cm³/mol. The molecule has 0 bridgehead atoms. The molecule has 0 atom stereocenters. The van der Waals surface area contributed by atoms with Crippen molar-refractivity contribution in [2.75, 3.05) is 0 Å². The Kier molecular flexibility index (Phi) is 4.90. The topological polar surface area (TPSA) is 83.5 Å². The zero-order chi connectivity index (χ0) is 18.1. The van der Waals surface area contributed by atoms with Crippen LogP contribution < -0.4 is 5.32 Å². The van der Waals surface area contributed by atoms with Crippen molar-refractivity contribution in [1.29, 1.82) is 0 Å². The van der Waals surface area contributed by atoms with Gasteiger partial charge < -0.3 is 5.32 Å². The minimum absolute atomic E-state index is 0.193. The van der Waals surface area contributed by atoms with Gasteiger partial charge in [0.25, 0.3) is 5.91 Å². The van der Waals surface area contributed by atoms with Crippen LogP contribution in [0.15, 0.2) is 35.2 Å². The van der Waals surface area contributed by atoms with Gasteiger partial charge in [-0.25, -0.2) is 17.6 Å². The van der Waals surface area contributed by atoms with Crippen molar-refractivity contribution >= 4 is 16.0 Å². The zero-order valence-corrected chi connectivity index (χ0v) is 12.5. The van der Waals surface area contributed by atoms with Crippen LogP contribution in [-0.4, -0.2) is 18.9 Å². The first kappa shape index (κ1) is 17.9. The minimum Gasteiger partial charge on any atom is -0.348 e. The van der Waals surface area contributed by atoms with E-state index in [9.17, 15) is 30.8 Å². The van der Waals surface area contributed by atoms with E-state index >= 15 is 0 Å². The number of nitrogens with one attached hydrogen (secondary N) is 1. The Balaban J connectivity index is 2.42. The molecule has 1 amide bonds. The molecule has 0 spiro atoms. The van der Waals surface area contributed by atoms with Crippen LogP contribution in [0.2, 0.25) is 0 Å². The Bertz CT molecular complexity index is 872. The van der Waals surface area contributed by atoms with Crippen molar-refractivity contribution in [3.8, 4) is 0 Å². The van der Waals surface area contributed by atoms with E-state index in [4.69, 9.17) is 4.55 Å². The molecular formula is C14H9F4NO4S. The smallest absolute Gasteiger partial charge is 0.300 e. The predicted octanol–water partition coefficient (Wildman–Crippen LogP) is 2.42. The lowest BCUT2D eigenvalue weighted by Crippen LogP contribution is -2.27. The summed E-state index contributed by atoms with van der Waals surface area (Å²) in [6, 6.07) is 8.10. The van der Waals surface area contributed by atoms with Crippen molar-refractivity contribution < 1.29 is 35.3 Å². The maximum atomic E-state index is 13.8. The molecule has 0 aliphatic carbocycles. The molecule has 24 heavy (non-hydrogen) atoms. The lowest BCUT2D eigenvalue weighted by atomic mass is 10.1. The third-order valence-corrected chi connectivity index (χ3v) is 3.88. The van der Waals surface area contributed by atoms with Crippen molar-refractivity contribution in [2.24, 2.45) is 0 Å². The highest BCUT2D eigenvalue weighted by molar-refractivity contribution is 7.85. The van der Waals surface area contributed by atoms with Crippen LogP contribution in [0.4, 0.5) is 17.6 Å². The summed E-state index contributed by atoms with van der Waals surface area (Å²) in [5.74, 6) is -10.7. The minimum atomic E-state index is -5.57. The summed E-state index contributed by atoms with van der Waals surface area (Å²) in [5.41, 5.74) is -1.09. The van der Waals surface area contributed by atoms with Crippen molar-refractivity contribution in [1.82, 2.24) is 5.32 Å². The number of carbonyl (C=O) groups excluding carboxylic acids is 1. The lowest BCUT2D eigenvalue weighted by Gasteiger charge is -2.11. The molecule has 2 N–H and O–H groups in total. The second kappa shape index (κ2) is 6.57. The van der Waals surface area contributed by atoms with Crippen molar-refractivity contribution in [3.63, 3.8) is 0 Å². The van der Waals surface area contributed by atoms with Gasteiger partial charge in [-0.05, 0) is 5.56 Å². The fraction of sp³-hybridized carbons (Fsp3) is 0.0714. The SMILES string of the molecule is O=C(NCc1ccccc1)c1c(F)c(F)c(S(=O)(=O)O)c(F)c1F. The summed E-state index contributed by atoms with van der Waals surface area (Å²) < 4.78 is 85.1. The summed E-state index contributed by atoms with van der Waals surface area (Å²) in [5, 5.41) is 2.05. The fourth-order valence-electron chi connectivity index (χ4n) is 1.90. The first-order valence-electron chi connectivity index (χ1n) is 6.30. The highest BCUT2D eigenvalue weighted by Crippen LogP contribution is 2.27. The number of halogens is 4. The summed E-state index contributed by atoms with van der Waals surface area (Å²) in [6.45, 7) is -0.193. The van der Waals surface area contributed by atoms with Crippen LogP contribution in [-0.2, 0) is 16.7 Å². The second-order valence-electron chi connectivity index (χ2n) is 4.60. The van der Waals surface area contributed by atoms with E-state index in [2.05, 4.69) is 0 Å². The number of carbonyl (C=O) groups is 1. The van der Waals surface area contributed by atoms with Crippen LogP contribution in [0.3, 0.4) is 0 Å².